The Bertz CT molecular complexity index is 982. The fourth-order valence-corrected chi connectivity index (χ4v) is 5.63. The van der Waals surface area contributed by atoms with Crippen LogP contribution in [0.1, 0.15) is 46.5 Å². The largest absolute Gasteiger partial charge is 0.485 e. The first-order valence-corrected chi connectivity index (χ1v) is 11.7. The second kappa shape index (κ2) is 8.88. The number of carbonyl (C=O) groups is 2. The summed E-state index contributed by atoms with van der Waals surface area (Å²) in [6.45, 7) is 1.38. The molecule has 0 bridgehead atoms. The lowest BCUT2D eigenvalue weighted by Gasteiger charge is -2.25. The van der Waals surface area contributed by atoms with Gasteiger partial charge >= 0.3 is 0 Å². The Morgan fingerprint density at radius 2 is 1.94 bits per heavy atom. The van der Waals surface area contributed by atoms with Crippen molar-refractivity contribution in [1.82, 2.24) is 5.32 Å². The van der Waals surface area contributed by atoms with Crippen molar-refractivity contribution in [3.8, 4) is 11.5 Å². The minimum Gasteiger partial charge on any atom is -0.485 e. The highest BCUT2D eigenvalue weighted by molar-refractivity contribution is 7.17. The predicted octanol–water partition coefficient (Wildman–Crippen LogP) is 3.31. The Balaban J connectivity index is 1.33. The Morgan fingerprint density at radius 1 is 1.10 bits per heavy atom. The molecule has 1 saturated heterocycles. The molecule has 1 aromatic heterocycles. The molecule has 0 radical (unpaired) electrons. The maximum Gasteiger partial charge on any atom is 0.269 e. The third kappa shape index (κ3) is 4.27. The quantitative estimate of drug-likeness (QED) is 0.742. The molecular weight excluding hydrogens is 416 g/mol. The zero-order chi connectivity index (χ0) is 21.2. The van der Waals surface area contributed by atoms with Crippen LogP contribution in [0.2, 0.25) is 0 Å². The fraction of sp³-hybridized carbons (Fsp3) is 0.478. The van der Waals surface area contributed by atoms with Crippen LogP contribution in [0.3, 0.4) is 0 Å². The maximum atomic E-state index is 13.1. The number of anilines is 1. The van der Waals surface area contributed by atoms with Crippen LogP contribution in [-0.2, 0) is 22.4 Å². The first-order chi connectivity index (χ1) is 15.2. The summed E-state index contributed by atoms with van der Waals surface area (Å²) < 4.78 is 17.1. The molecule has 2 N–H and O–H groups in total. The highest BCUT2D eigenvalue weighted by atomic mass is 32.1. The molecule has 2 amide bonds. The number of amides is 2. The molecule has 7 nitrogen and oxygen atoms in total. The van der Waals surface area contributed by atoms with Gasteiger partial charge in [-0.2, -0.15) is 0 Å². The number of nitrogens with one attached hydrogen (secondary N) is 2. The van der Waals surface area contributed by atoms with Crippen molar-refractivity contribution in [3.05, 3.63) is 40.3 Å². The van der Waals surface area contributed by atoms with Gasteiger partial charge in [-0.05, 0) is 56.2 Å². The summed E-state index contributed by atoms with van der Waals surface area (Å²) in [4.78, 5) is 27.3. The molecule has 2 aliphatic heterocycles. The van der Waals surface area contributed by atoms with E-state index in [2.05, 4.69) is 10.6 Å². The van der Waals surface area contributed by atoms with E-state index in [0.717, 1.165) is 50.7 Å². The highest BCUT2D eigenvalue weighted by Gasteiger charge is 2.31. The number of hydrogen-bond donors (Lipinski definition) is 2. The topological polar surface area (TPSA) is 85.9 Å². The average molecular weight is 443 g/mol. The van der Waals surface area contributed by atoms with Gasteiger partial charge < -0.3 is 24.8 Å². The summed E-state index contributed by atoms with van der Waals surface area (Å²) in [5, 5.41) is 6.58. The van der Waals surface area contributed by atoms with Gasteiger partial charge in [0.1, 0.15) is 11.6 Å². The summed E-state index contributed by atoms with van der Waals surface area (Å²) in [6.07, 6.45) is 5.27. The van der Waals surface area contributed by atoms with Crippen molar-refractivity contribution in [2.24, 2.45) is 0 Å². The predicted molar refractivity (Wildman–Crippen MR) is 117 cm³/mol. The van der Waals surface area contributed by atoms with Crippen LogP contribution in [-0.4, -0.2) is 43.8 Å². The summed E-state index contributed by atoms with van der Waals surface area (Å²) in [5.41, 5.74) is 1.67. The lowest BCUT2D eigenvalue weighted by molar-refractivity contribution is -0.125. The van der Waals surface area contributed by atoms with E-state index in [4.69, 9.17) is 14.2 Å². The van der Waals surface area contributed by atoms with E-state index in [-0.39, 0.29) is 24.5 Å². The third-order valence-electron chi connectivity index (χ3n) is 5.95. The molecule has 2 atom stereocenters. The second-order valence-electron chi connectivity index (χ2n) is 8.11. The van der Waals surface area contributed by atoms with Gasteiger partial charge in [0.05, 0.1) is 11.7 Å². The number of aryl methyl sites for hydroxylation is 1. The van der Waals surface area contributed by atoms with Gasteiger partial charge in [-0.3, -0.25) is 9.59 Å². The zero-order valence-electron chi connectivity index (χ0n) is 17.3. The summed E-state index contributed by atoms with van der Waals surface area (Å²) in [7, 11) is 0. The Labute approximate surface area is 185 Å². The number of hydrogen-bond acceptors (Lipinski definition) is 6. The van der Waals surface area contributed by atoms with Gasteiger partial charge in [0.25, 0.3) is 11.8 Å². The van der Waals surface area contributed by atoms with E-state index in [0.29, 0.717) is 28.6 Å². The van der Waals surface area contributed by atoms with Crippen LogP contribution in [0, 0.1) is 0 Å². The number of rotatable bonds is 5. The molecule has 5 rings (SSSR count). The van der Waals surface area contributed by atoms with E-state index in [1.165, 1.54) is 16.2 Å². The molecule has 0 unspecified atom stereocenters. The van der Waals surface area contributed by atoms with Gasteiger partial charge in [-0.1, -0.05) is 12.1 Å². The zero-order valence-corrected chi connectivity index (χ0v) is 18.1. The second-order valence-corrected chi connectivity index (χ2v) is 9.22. The molecule has 0 spiro atoms. The lowest BCUT2D eigenvalue weighted by atomic mass is 9.95. The van der Waals surface area contributed by atoms with Crippen LogP contribution >= 0.6 is 11.3 Å². The van der Waals surface area contributed by atoms with Gasteiger partial charge in [0.15, 0.2) is 11.5 Å². The lowest BCUT2D eigenvalue weighted by Crippen LogP contribution is -2.40. The van der Waals surface area contributed by atoms with Crippen molar-refractivity contribution in [2.45, 2.75) is 50.7 Å². The standard InChI is InChI=1S/C23H26N2O5S/c26-21(18-13-29-16-8-2-3-9-17(16)30-18)25-23-20(15-7-1-4-10-19(15)31-23)22(27)24-12-14-6-5-11-28-14/h2-3,8-9,14,18H,1,4-7,10-13H2,(H,24,27)(H,25,26)/t14-,18-/m1/s1. The molecule has 8 heteroatoms. The van der Waals surface area contributed by atoms with Gasteiger partial charge in [0, 0.05) is 18.0 Å². The third-order valence-corrected chi connectivity index (χ3v) is 7.16. The monoisotopic (exact) mass is 442 g/mol. The van der Waals surface area contributed by atoms with Crippen LogP contribution in [0.25, 0.3) is 0 Å². The summed E-state index contributed by atoms with van der Waals surface area (Å²) >= 11 is 1.51. The van der Waals surface area contributed by atoms with Crippen molar-refractivity contribution in [2.75, 3.05) is 25.1 Å². The smallest absolute Gasteiger partial charge is 0.269 e. The summed E-state index contributed by atoms with van der Waals surface area (Å²) in [5.74, 6) is 0.735. The Morgan fingerprint density at radius 3 is 2.77 bits per heavy atom. The van der Waals surface area contributed by atoms with Crippen LogP contribution in [0.4, 0.5) is 5.00 Å². The summed E-state index contributed by atoms with van der Waals surface area (Å²) in [6, 6.07) is 7.29. The maximum absolute atomic E-state index is 13.1. The molecule has 31 heavy (non-hydrogen) atoms. The molecule has 3 heterocycles. The van der Waals surface area contributed by atoms with Crippen molar-refractivity contribution < 1.29 is 23.8 Å². The van der Waals surface area contributed by atoms with Crippen LogP contribution < -0.4 is 20.1 Å². The van der Waals surface area contributed by atoms with Crippen molar-refractivity contribution in [3.63, 3.8) is 0 Å². The molecule has 2 aromatic rings. The van der Waals surface area contributed by atoms with E-state index in [1.807, 2.05) is 18.2 Å². The van der Waals surface area contributed by atoms with Gasteiger partial charge in [-0.25, -0.2) is 0 Å². The van der Waals surface area contributed by atoms with Crippen LogP contribution in [0.15, 0.2) is 24.3 Å². The molecule has 3 aliphatic rings. The molecular formula is C23H26N2O5S. The fourth-order valence-electron chi connectivity index (χ4n) is 4.34. The highest BCUT2D eigenvalue weighted by Crippen LogP contribution is 2.39. The number of fused-ring (bicyclic) bond motifs is 2. The molecule has 1 aromatic carbocycles. The van der Waals surface area contributed by atoms with E-state index >= 15 is 0 Å². The number of carbonyl (C=O) groups excluding carboxylic acids is 2. The first kappa shape index (κ1) is 20.3. The van der Waals surface area contributed by atoms with Crippen LogP contribution in [0.5, 0.6) is 11.5 Å². The molecule has 1 fully saturated rings. The number of para-hydroxylation sites is 2. The van der Waals surface area contributed by atoms with Gasteiger partial charge in [-0.15, -0.1) is 11.3 Å². The van der Waals surface area contributed by atoms with E-state index in [1.54, 1.807) is 6.07 Å². The number of ether oxygens (including phenoxy) is 3. The minimum absolute atomic E-state index is 0.0734. The van der Waals surface area contributed by atoms with E-state index < -0.39 is 6.10 Å². The SMILES string of the molecule is O=C(NC[C@H]1CCCO1)c1c(NC(=O)[C@H]2COc3ccccc3O2)sc2c1CCCC2. The molecule has 0 saturated carbocycles. The normalized spacial score (nSPS) is 21.9. The van der Waals surface area contributed by atoms with Crippen molar-refractivity contribution in [1.29, 1.82) is 0 Å². The molecule has 164 valence electrons. The average Bonchev–Trinajstić information content (AvgIpc) is 3.44. The number of benzene rings is 1. The van der Waals surface area contributed by atoms with Crippen molar-refractivity contribution >= 4 is 28.2 Å². The van der Waals surface area contributed by atoms with E-state index in [9.17, 15) is 9.59 Å². The number of thiophene rings is 1. The minimum atomic E-state index is -0.767. The Kier molecular flexibility index (Phi) is 5.82. The van der Waals surface area contributed by atoms with Gasteiger partial charge in [0.2, 0.25) is 6.10 Å². The molecule has 1 aliphatic carbocycles. The first-order valence-electron chi connectivity index (χ1n) is 10.9. The Hall–Kier alpha value is -2.58.